The van der Waals surface area contributed by atoms with E-state index in [4.69, 9.17) is 14.2 Å². The van der Waals surface area contributed by atoms with Gasteiger partial charge in [-0.05, 0) is 30.5 Å². The van der Waals surface area contributed by atoms with E-state index >= 15 is 0 Å². The fraction of sp³-hybridized carbons (Fsp3) is 0.632. The third-order valence-corrected chi connectivity index (χ3v) is 4.20. The highest BCUT2D eigenvalue weighted by atomic mass is 127. The van der Waals surface area contributed by atoms with Gasteiger partial charge in [0.25, 0.3) is 0 Å². The Balaban J connectivity index is 0.00000625. The molecule has 0 unspecified atom stereocenters. The minimum Gasteiger partial charge on any atom is -0.493 e. The molecule has 2 N–H and O–H groups in total. The van der Waals surface area contributed by atoms with Gasteiger partial charge in [-0.15, -0.1) is 24.0 Å². The summed E-state index contributed by atoms with van der Waals surface area (Å²) in [5, 5.41) is 6.71. The number of ether oxygens (including phenoxy) is 3. The Morgan fingerprint density at radius 2 is 1.54 bits per heavy atom. The monoisotopic (exact) mass is 479 g/mol. The van der Waals surface area contributed by atoms with Gasteiger partial charge in [0.1, 0.15) is 0 Å². The molecule has 150 valence electrons. The predicted octanol–water partition coefficient (Wildman–Crippen LogP) is 3.82. The molecule has 0 spiro atoms. The Labute approximate surface area is 175 Å². The zero-order valence-electron chi connectivity index (χ0n) is 16.8. The van der Waals surface area contributed by atoms with Gasteiger partial charge < -0.3 is 24.8 Å². The van der Waals surface area contributed by atoms with Gasteiger partial charge in [-0.25, -0.2) is 4.99 Å². The lowest BCUT2D eigenvalue weighted by Crippen LogP contribution is -2.39. The molecular formula is C19H34IN3O3. The molecule has 1 rings (SSSR count). The van der Waals surface area contributed by atoms with Crippen molar-refractivity contribution in [2.24, 2.45) is 10.9 Å². The first-order chi connectivity index (χ1) is 12.1. The summed E-state index contributed by atoms with van der Waals surface area (Å²) in [5.74, 6) is 3.36. The van der Waals surface area contributed by atoms with Crippen LogP contribution in [0.1, 0.15) is 39.2 Å². The number of hydrogen-bond donors (Lipinski definition) is 2. The molecule has 0 saturated heterocycles. The lowest BCUT2D eigenvalue weighted by molar-refractivity contribution is 0.324. The van der Waals surface area contributed by atoms with Gasteiger partial charge in [-0.2, -0.15) is 0 Å². The van der Waals surface area contributed by atoms with E-state index in [1.165, 1.54) is 0 Å². The zero-order chi connectivity index (χ0) is 18.7. The van der Waals surface area contributed by atoms with Crippen LogP contribution in [-0.2, 0) is 6.54 Å². The summed E-state index contributed by atoms with van der Waals surface area (Å²) in [6, 6.07) is 3.85. The molecule has 1 aromatic rings. The summed E-state index contributed by atoms with van der Waals surface area (Å²) in [4.78, 5) is 4.67. The average molecular weight is 479 g/mol. The largest absolute Gasteiger partial charge is 0.493 e. The number of halogens is 1. The van der Waals surface area contributed by atoms with Crippen LogP contribution < -0.4 is 24.8 Å². The van der Waals surface area contributed by atoms with E-state index in [1.54, 1.807) is 21.3 Å². The Morgan fingerprint density at radius 3 is 1.96 bits per heavy atom. The third-order valence-electron chi connectivity index (χ3n) is 4.20. The quantitative estimate of drug-likeness (QED) is 0.304. The smallest absolute Gasteiger partial charge is 0.203 e. The van der Waals surface area contributed by atoms with Crippen molar-refractivity contribution in [1.29, 1.82) is 0 Å². The topological polar surface area (TPSA) is 64.1 Å². The minimum atomic E-state index is 0. The first kappa shape index (κ1) is 24.6. The first-order valence-electron chi connectivity index (χ1n) is 8.94. The van der Waals surface area contributed by atoms with Crippen molar-refractivity contribution < 1.29 is 14.2 Å². The number of nitrogens with one attached hydrogen (secondary N) is 2. The highest BCUT2D eigenvalue weighted by Gasteiger charge is 2.13. The molecule has 0 aliphatic heterocycles. The van der Waals surface area contributed by atoms with Crippen molar-refractivity contribution in [3.8, 4) is 17.2 Å². The second-order valence-electron chi connectivity index (χ2n) is 5.79. The molecule has 0 saturated carbocycles. The van der Waals surface area contributed by atoms with E-state index in [0.29, 0.717) is 29.7 Å². The Morgan fingerprint density at radius 1 is 0.962 bits per heavy atom. The second-order valence-corrected chi connectivity index (χ2v) is 5.79. The molecule has 0 amide bonds. The van der Waals surface area contributed by atoms with Crippen LogP contribution in [0.3, 0.4) is 0 Å². The van der Waals surface area contributed by atoms with Crippen LogP contribution in [0.5, 0.6) is 17.2 Å². The molecular weight excluding hydrogens is 445 g/mol. The fourth-order valence-corrected chi connectivity index (χ4v) is 2.56. The van der Waals surface area contributed by atoms with Crippen molar-refractivity contribution >= 4 is 29.9 Å². The van der Waals surface area contributed by atoms with E-state index in [9.17, 15) is 0 Å². The zero-order valence-corrected chi connectivity index (χ0v) is 19.2. The third kappa shape index (κ3) is 7.47. The highest BCUT2D eigenvalue weighted by Crippen LogP contribution is 2.38. The Kier molecular flexibility index (Phi) is 13.0. The van der Waals surface area contributed by atoms with Gasteiger partial charge in [0.2, 0.25) is 5.75 Å². The van der Waals surface area contributed by atoms with Crippen molar-refractivity contribution in [1.82, 2.24) is 10.6 Å². The Bertz CT molecular complexity index is 524. The summed E-state index contributed by atoms with van der Waals surface area (Å²) in [5.41, 5.74) is 0.995. The number of guanidine groups is 1. The standard InChI is InChI=1S/C19H33N3O3.HI/c1-7-14(8-2)12-21-19(20-9-3)22-13-15-10-16(23-4)18(25-6)17(11-15)24-5;/h10-11,14H,7-9,12-13H2,1-6H3,(H2,20,21,22);1H. The number of benzene rings is 1. The van der Waals surface area contributed by atoms with Crippen LogP contribution in [0, 0.1) is 5.92 Å². The minimum absolute atomic E-state index is 0. The van der Waals surface area contributed by atoms with Gasteiger partial charge in [0.05, 0.1) is 27.9 Å². The molecule has 0 bridgehead atoms. The number of rotatable bonds is 10. The van der Waals surface area contributed by atoms with Crippen LogP contribution in [0.25, 0.3) is 0 Å². The molecule has 0 atom stereocenters. The molecule has 0 aromatic heterocycles. The van der Waals surface area contributed by atoms with Crippen molar-refractivity contribution in [3.05, 3.63) is 17.7 Å². The first-order valence-corrected chi connectivity index (χ1v) is 8.94. The van der Waals surface area contributed by atoms with Crippen LogP contribution >= 0.6 is 24.0 Å². The van der Waals surface area contributed by atoms with E-state index in [-0.39, 0.29) is 24.0 Å². The summed E-state index contributed by atoms with van der Waals surface area (Å²) < 4.78 is 16.2. The van der Waals surface area contributed by atoms with E-state index in [0.717, 1.165) is 37.5 Å². The van der Waals surface area contributed by atoms with E-state index < -0.39 is 0 Å². The summed E-state index contributed by atoms with van der Waals surface area (Å²) in [6.45, 7) is 8.77. The number of hydrogen-bond acceptors (Lipinski definition) is 4. The van der Waals surface area contributed by atoms with Gasteiger partial charge in [-0.3, -0.25) is 0 Å². The summed E-state index contributed by atoms with van der Waals surface area (Å²) in [6.07, 6.45) is 2.32. The normalized spacial score (nSPS) is 11.0. The highest BCUT2D eigenvalue weighted by molar-refractivity contribution is 14.0. The van der Waals surface area contributed by atoms with Gasteiger partial charge >= 0.3 is 0 Å². The maximum absolute atomic E-state index is 5.40. The molecule has 7 heteroatoms. The summed E-state index contributed by atoms with van der Waals surface area (Å²) >= 11 is 0. The number of methoxy groups -OCH3 is 3. The lowest BCUT2D eigenvalue weighted by Gasteiger charge is -2.17. The summed E-state index contributed by atoms with van der Waals surface area (Å²) in [7, 11) is 4.83. The lowest BCUT2D eigenvalue weighted by atomic mass is 10.0. The maximum atomic E-state index is 5.40. The number of aliphatic imine (C=N–C) groups is 1. The number of nitrogens with zero attached hydrogens (tertiary/aromatic N) is 1. The molecule has 0 radical (unpaired) electrons. The molecule has 1 aromatic carbocycles. The predicted molar refractivity (Wildman–Crippen MR) is 118 cm³/mol. The Hall–Kier alpha value is -1.38. The maximum Gasteiger partial charge on any atom is 0.203 e. The van der Waals surface area contributed by atoms with Crippen LogP contribution in [0.15, 0.2) is 17.1 Å². The average Bonchev–Trinajstić information content (AvgIpc) is 2.65. The van der Waals surface area contributed by atoms with Crippen molar-refractivity contribution in [3.63, 3.8) is 0 Å². The molecule has 6 nitrogen and oxygen atoms in total. The second kappa shape index (κ2) is 13.8. The molecule has 0 aliphatic carbocycles. The van der Waals surface area contributed by atoms with Gasteiger partial charge in [-0.1, -0.05) is 26.7 Å². The molecule has 0 aliphatic rings. The van der Waals surface area contributed by atoms with Gasteiger partial charge in [0.15, 0.2) is 17.5 Å². The SMILES string of the molecule is CCNC(=NCc1cc(OC)c(OC)c(OC)c1)NCC(CC)CC.I. The van der Waals surface area contributed by atoms with Crippen LogP contribution in [0.4, 0.5) is 0 Å². The van der Waals surface area contributed by atoms with E-state index in [2.05, 4.69) is 36.4 Å². The molecule has 0 heterocycles. The molecule has 0 fully saturated rings. The van der Waals surface area contributed by atoms with Crippen molar-refractivity contribution in [2.75, 3.05) is 34.4 Å². The van der Waals surface area contributed by atoms with Crippen molar-refractivity contribution in [2.45, 2.75) is 40.2 Å². The van der Waals surface area contributed by atoms with Crippen LogP contribution in [-0.4, -0.2) is 40.4 Å². The fourth-order valence-electron chi connectivity index (χ4n) is 2.56. The van der Waals surface area contributed by atoms with E-state index in [1.807, 2.05) is 12.1 Å². The molecule has 26 heavy (non-hydrogen) atoms. The van der Waals surface area contributed by atoms with Gasteiger partial charge in [0, 0.05) is 13.1 Å². The van der Waals surface area contributed by atoms with Crippen LogP contribution in [0.2, 0.25) is 0 Å².